The van der Waals surface area contributed by atoms with Crippen molar-refractivity contribution in [2.45, 2.75) is 6.92 Å². The molecule has 8 heteroatoms. The summed E-state index contributed by atoms with van der Waals surface area (Å²) in [5.41, 5.74) is 5.06. The van der Waals surface area contributed by atoms with Gasteiger partial charge in [-0.3, -0.25) is 9.59 Å². The number of carbonyl (C=O) groups is 3. The number of carbonyl (C=O) groups excluding carboxylic acids is 3. The summed E-state index contributed by atoms with van der Waals surface area (Å²) in [5, 5.41) is 6.36. The molecule has 3 rings (SSSR count). The van der Waals surface area contributed by atoms with Crippen LogP contribution in [0, 0.1) is 6.92 Å². The number of ether oxygens (including phenoxy) is 1. The molecule has 0 unspecified atom stereocenters. The van der Waals surface area contributed by atoms with Crippen LogP contribution in [0.15, 0.2) is 70.2 Å². The second-order valence-electron chi connectivity index (χ2n) is 6.61. The number of esters is 1. The normalized spacial score (nSPS) is 10.6. The molecule has 2 N–H and O–H groups in total. The van der Waals surface area contributed by atoms with Crippen molar-refractivity contribution in [2.75, 3.05) is 13.7 Å². The van der Waals surface area contributed by atoms with Crippen LogP contribution in [0.3, 0.4) is 0 Å². The number of rotatable bonds is 7. The fourth-order valence-corrected chi connectivity index (χ4v) is 2.64. The third-order valence-electron chi connectivity index (χ3n) is 4.32. The van der Waals surface area contributed by atoms with Gasteiger partial charge in [-0.15, -0.1) is 0 Å². The van der Waals surface area contributed by atoms with Gasteiger partial charge >= 0.3 is 5.97 Å². The SMILES string of the molecule is COC(=O)c1ccc(-c2ccc(C=NNC(=O)CNC(=O)c3ccc(C)cc3)o2)cc1. The van der Waals surface area contributed by atoms with Crippen LogP contribution in [0.25, 0.3) is 11.3 Å². The molecule has 2 amide bonds. The first-order chi connectivity index (χ1) is 15.0. The second kappa shape index (κ2) is 10.0. The molecule has 1 heterocycles. The number of nitrogens with one attached hydrogen (secondary N) is 2. The summed E-state index contributed by atoms with van der Waals surface area (Å²) in [6.07, 6.45) is 1.35. The third kappa shape index (κ3) is 5.89. The summed E-state index contributed by atoms with van der Waals surface area (Å²) in [5.74, 6) is -0.217. The van der Waals surface area contributed by atoms with Crippen LogP contribution >= 0.6 is 0 Å². The van der Waals surface area contributed by atoms with Gasteiger partial charge in [-0.25, -0.2) is 10.2 Å². The molecule has 0 spiro atoms. The Labute approximate surface area is 178 Å². The molecule has 8 nitrogen and oxygen atoms in total. The topological polar surface area (TPSA) is 110 Å². The number of aryl methyl sites for hydroxylation is 1. The Balaban J connectivity index is 1.49. The van der Waals surface area contributed by atoms with Crippen molar-refractivity contribution in [3.8, 4) is 11.3 Å². The van der Waals surface area contributed by atoms with Gasteiger partial charge < -0.3 is 14.5 Å². The van der Waals surface area contributed by atoms with Crippen LogP contribution in [0.2, 0.25) is 0 Å². The zero-order chi connectivity index (χ0) is 22.2. The highest BCUT2D eigenvalue weighted by atomic mass is 16.5. The fourth-order valence-electron chi connectivity index (χ4n) is 2.64. The lowest BCUT2D eigenvalue weighted by atomic mass is 10.1. The van der Waals surface area contributed by atoms with Crippen LogP contribution < -0.4 is 10.7 Å². The largest absolute Gasteiger partial charge is 0.465 e. The zero-order valence-electron chi connectivity index (χ0n) is 17.0. The molecule has 0 saturated carbocycles. The van der Waals surface area contributed by atoms with Crippen molar-refractivity contribution < 1.29 is 23.5 Å². The van der Waals surface area contributed by atoms with Crippen LogP contribution in [0.4, 0.5) is 0 Å². The van der Waals surface area contributed by atoms with Crippen molar-refractivity contribution in [1.82, 2.24) is 10.7 Å². The second-order valence-corrected chi connectivity index (χ2v) is 6.61. The standard InChI is InChI=1S/C23H21N3O5/c1-15-3-5-17(6-4-15)22(28)24-14-21(27)26-25-13-19-11-12-20(31-19)16-7-9-18(10-8-16)23(29)30-2/h3-13H,14H2,1-2H3,(H,24,28)(H,26,27). The maximum Gasteiger partial charge on any atom is 0.337 e. The Morgan fingerprint density at radius 1 is 0.968 bits per heavy atom. The van der Waals surface area contributed by atoms with Crippen molar-refractivity contribution >= 4 is 24.0 Å². The van der Waals surface area contributed by atoms with Gasteiger partial charge in [-0.2, -0.15) is 5.10 Å². The highest BCUT2D eigenvalue weighted by Crippen LogP contribution is 2.22. The van der Waals surface area contributed by atoms with Crippen molar-refractivity contribution in [1.29, 1.82) is 0 Å². The Kier molecular flexibility index (Phi) is 6.95. The minimum atomic E-state index is -0.470. The van der Waals surface area contributed by atoms with Gasteiger partial charge in [-0.05, 0) is 43.3 Å². The van der Waals surface area contributed by atoms with Crippen LogP contribution in [-0.2, 0) is 9.53 Å². The van der Waals surface area contributed by atoms with E-state index in [0.29, 0.717) is 22.6 Å². The first-order valence-corrected chi connectivity index (χ1v) is 9.41. The first kappa shape index (κ1) is 21.5. The smallest absolute Gasteiger partial charge is 0.337 e. The Morgan fingerprint density at radius 3 is 2.32 bits per heavy atom. The summed E-state index contributed by atoms with van der Waals surface area (Å²) in [7, 11) is 1.32. The summed E-state index contributed by atoms with van der Waals surface area (Å²) in [4.78, 5) is 35.3. The van der Waals surface area contributed by atoms with Gasteiger partial charge in [0.1, 0.15) is 11.5 Å². The average molecular weight is 419 g/mol. The molecule has 0 aliphatic heterocycles. The van der Waals surface area contributed by atoms with E-state index in [4.69, 9.17) is 4.42 Å². The quantitative estimate of drug-likeness (QED) is 0.348. The third-order valence-corrected chi connectivity index (χ3v) is 4.32. The highest BCUT2D eigenvalue weighted by Gasteiger charge is 2.09. The summed E-state index contributed by atoms with van der Waals surface area (Å²) >= 11 is 0. The van der Waals surface area contributed by atoms with Gasteiger partial charge in [0.2, 0.25) is 0 Å². The van der Waals surface area contributed by atoms with Gasteiger partial charge in [0.25, 0.3) is 11.8 Å². The molecule has 0 aliphatic carbocycles. The molecule has 2 aromatic carbocycles. The molecule has 0 bridgehead atoms. The van der Waals surface area contributed by atoms with E-state index in [1.165, 1.54) is 13.3 Å². The van der Waals surface area contributed by atoms with E-state index in [-0.39, 0.29) is 12.5 Å². The van der Waals surface area contributed by atoms with Crippen molar-refractivity contribution in [3.05, 3.63) is 83.1 Å². The number of amides is 2. The lowest BCUT2D eigenvalue weighted by Gasteiger charge is -2.04. The van der Waals surface area contributed by atoms with Crippen LogP contribution in [-0.4, -0.2) is 37.7 Å². The molecule has 31 heavy (non-hydrogen) atoms. The number of hydrogen-bond acceptors (Lipinski definition) is 6. The molecule has 158 valence electrons. The number of benzene rings is 2. The van der Waals surface area contributed by atoms with Gasteiger partial charge in [0, 0.05) is 11.1 Å². The molecule has 0 radical (unpaired) electrons. The first-order valence-electron chi connectivity index (χ1n) is 9.41. The number of methoxy groups -OCH3 is 1. The molecule has 0 aliphatic rings. The lowest BCUT2D eigenvalue weighted by Crippen LogP contribution is -2.34. The highest BCUT2D eigenvalue weighted by molar-refractivity contribution is 5.96. The van der Waals surface area contributed by atoms with E-state index in [1.54, 1.807) is 48.5 Å². The van der Waals surface area contributed by atoms with Crippen LogP contribution in [0.1, 0.15) is 32.0 Å². The van der Waals surface area contributed by atoms with Gasteiger partial charge in [0.15, 0.2) is 0 Å². The lowest BCUT2D eigenvalue weighted by molar-refractivity contribution is -0.120. The van der Waals surface area contributed by atoms with E-state index >= 15 is 0 Å². The Bertz CT molecular complexity index is 1100. The molecular formula is C23H21N3O5. The summed E-state index contributed by atoms with van der Waals surface area (Å²) < 4.78 is 10.3. The summed E-state index contributed by atoms with van der Waals surface area (Å²) in [6, 6.07) is 17.2. The minimum absolute atomic E-state index is 0.208. The molecule has 0 saturated heterocycles. The predicted molar refractivity (Wildman–Crippen MR) is 115 cm³/mol. The number of hydrazone groups is 1. The van der Waals surface area contributed by atoms with Gasteiger partial charge in [-0.1, -0.05) is 29.8 Å². The maximum absolute atomic E-state index is 12.0. The van der Waals surface area contributed by atoms with E-state index in [0.717, 1.165) is 11.1 Å². The van der Waals surface area contributed by atoms with E-state index in [9.17, 15) is 14.4 Å². The van der Waals surface area contributed by atoms with Crippen LogP contribution in [0.5, 0.6) is 0 Å². The van der Waals surface area contributed by atoms with E-state index in [1.807, 2.05) is 19.1 Å². The predicted octanol–water partition coefficient (Wildman–Crippen LogP) is 2.92. The minimum Gasteiger partial charge on any atom is -0.465 e. The molecule has 3 aromatic rings. The average Bonchev–Trinajstić information content (AvgIpc) is 3.26. The summed E-state index contributed by atoms with van der Waals surface area (Å²) in [6.45, 7) is 1.72. The van der Waals surface area contributed by atoms with Crippen molar-refractivity contribution in [2.24, 2.45) is 5.10 Å². The Hall–Kier alpha value is -4.20. The number of nitrogens with zero attached hydrogens (tertiary/aromatic N) is 1. The van der Waals surface area contributed by atoms with E-state index < -0.39 is 11.9 Å². The van der Waals surface area contributed by atoms with Crippen molar-refractivity contribution in [3.63, 3.8) is 0 Å². The number of furan rings is 1. The molecule has 0 atom stereocenters. The van der Waals surface area contributed by atoms with E-state index in [2.05, 4.69) is 20.6 Å². The fraction of sp³-hybridized carbons (Fsp3) is 0.130. The molecular weight excluding hydrogens is 398 g/mol. The van der Waals surface area contributed by atoms with Gasteiger partial charge in [0.05, 0.1) is 25.4 Å². The maximum atomic E-state index is 12.0. The number of hydrogen-bond donors (Lipinski definition) is 2. The zero-order valence-corrected chi connectivity index (χ0v) is 17.0. The molecule has 1 aromatic heterocycles. The Morgan fingerprint density at radius 2 is 1.65 bits per heavy atom. The monoisotopic (exact) mass is 419 g/mol. The molecule has 0 fully saturated rings.